The second-order valence-electron chi connectivity index (χ2n) is 0.924. The van der Waals surface area contributed by atoms with E-state index in [1.807, 2.05) is 0 Å². The molecule has 0 atom stereocenters. The van der Waals surface area contributed by atoms with Crippen LogP contribution < -0.4 is 6.15 Å². The number of hydrogen-bond acceptors (Lipinski definition) is 6. The molecule has 0 saturated heterocycles. The summed E-state index contributed by atoms with van der Waals surface area (Å²) in [6, 6.07) is 0. The van der Waals surface area contributed by atoms with Gasteiger partial charge in [-0.3, -0.25) is 0 Å². The van der Waals surface area contributed by atoms with E-state index in [9.17, 15) is 15.2 Å². The molecule has 7 N–H and O–H groups in total. The summed E-state index contributed by atoms with van der Waals surface area (Å²) in [5.41, 5.74) is 0. The first-order chi connectivity index (χ1) is 3.71. The Morgan fingerprint density at radius 2 is 1.09 bits per heavy atom. The van der Waals surface area contributed by atoms with Crippen molar-refractivity contribution in [1.82, 2.24) is 6.15 Å². The summed E-state index contributed by atoms with van der Waals surface area (Å²) in [5.74, 6) is 0. The van der Waals surface area contributed by atoms with E-state index in [1.165, 1.54) is 0 Å². The second kappa shape index (κ2) is 4.85. The fourth-order valence-corrected chi connectivity index (χ4v) is 1.85. The zero-order valence-corrected chi connectivity index (χ0v) is 7.51. The van der Waals surface area contributed by atoms with Crippen molar-refractivity contribution in [2.45, 2.75) is 0 Å². The maximum absolute atomic E-state index is 9.53. The molecule has 0 amide bonds. The zero-order chi connectivity index (χ0) is 7.71. The topological polar surface area (TPSA) is 184 Å². The summed E-state index contributed by atoms with van der Waals surface area (Å²) in [4.78, 5) is 0. The molecule has 0 bridgehead atoms. The van der Waals surface area contributed by atoms with E-state index in [1.54, 1.807) is 0 Å². The van der Waals surface area contributed by atoms with Crippen LogP contribution in [0.4, 0.5) is 0 Å². The summed E-state index contributed by atoms with van der Waals surface area (Å²) in [6.07, 6.45) is 0. The van der Waals surface area contributed by atoms with Crippen molar-refractivity contribution in [3.8, 4) is 0 Å². The molecule has 0 aromatic rings. The van der Waals surface area contributed by atoms with E-state index in [0.29, 0.717) is 0 Å². The molecule has 0 aliphatic carbocycles. The molecule has 0 unspecified atom stereocenters. The Morgan fingerprint density at radius 1 is 0.909 bits per heavy atom. The normalized spacial score (nSPS) is 11.1. The van der Waals surface area contributed by atoms with Gasteiger partial charge in [0.05, 0.1) is 0 Å². The average Bonchev–Trinajstić information content (AvgIpc) is 1.14. The van der Waals surface area contributed by atoms with Crippen molar-refractivity contribution in [3.63, 3.8) is 0 Å². The summed E-state index contributed by atoms with van der Waals surface area (Å²) in [6.45, 7) is 0. The van der Waals surface area contributed by atoms with Crippen LogP contribution in [0.2, 0.25) is 0 Å². The Labute approximate surface area is 65.6 Å². The molecule has 0 aromatic heterocycles. The van der Waals surface area contributed by atoms with Gasteiger partial charge in [0.15, 0.2) is 0 Å². The van der Waals surface area contributed by atoms with Crippen molar-refractivity contribution in [2.75, 3.05) is 0 Å². The van der Waals surface area contributed by atoms with Crippen LogP contribution in [0.3, 0.4) is 0 Å². The quantitative estimate of drug-likeness (QED) is 0.488. The van der Waals surface area contributed by atoms with Crippen molar-refractivity contribution in [1.29, 1.82) is 0 Å². The summed E-state index contributed by atoms with van der Waals surface area (Å²) < 4.78 is 56.3. The van der Waals surface area contributed by atoms with E-state index < -0.39 is 27.2 Å². The van der Waals surface area contributed by atoms with E-state index >= 15 is 0 Å². The van der Waals surface area contributed by atoms with Crippen molar-refractivity contribution in [3.05, 3.63) is 0 Å². The third kappa shape index (κ3) is 17.8. The van der Waals surface area contributed by atoms with Crippen LogP contribution in [-0.2, 0) is 45.3 Å². The minimum atomic E-state index is -5.76. The molecule has 0 rings (SSSR count). The molecule has 11 heavy (non-hydrogen) atoms. The molecule has 72 valence electrons. The third-order valence-corrected chi connectivity index (χ3v) is 2.92. The predicted octanol–water partition coefficient (Wildman–Crippen LogP) is -2.33. The van der Waals surface area contributed by atoms with Crippen LogP contribution in [0.5, 0.6) is 0 Å². The fraction of sp³-hybridized carbons (Fsp3) is 0. The number of rotatable bonds is 2. The van der Waals surface area contributed by atoms with Crippen LogP contribution in [0, 0.1) is 0 Å². The summed E-state index contributed by atoms with van der Waals surface area (Å²) in [7, 11) is 0. The van der Waals surface area contributed by atoms with Gasteiger partial charge in [-0.2, -0.15) is 0 Å². The Balaban J connectivity index is -0.000000320. The first-order valence-corrected chi connectivity index (χ1v) is 5.63. The average molecular weight is 253 g/mol. The Bertz CT molecular complexity index is 237. The summed E-state index contributed by atoms with van der Waals surface area (Å²) in [5, 5.41) is 0. The second-order valence-corrected chi connectivity index (χ2v) is 4.68. The van der Waals surface area contributed by atoms with Gasteiger partial charge >= 0.3 is 53.6 Å². The molecule has 11 heteroatoms. The molecule has 0 radical (unpaired) electrons. The SMILES string of the molecule is N.O.[O]=[Cr](=[O])([OH])[O][Cr](=[O])(=[O])[OH]. The van der Waals surface area contributed by atoms with Crippen LogP contribution in [0.15, 0.2) is 0 Å². The fourth-order valence-electron chi connectivity index (χ4n) is 0.109. The van der Waals surface area contributed by atoms with Gasteiger partial charge in [0.25, 0.3) is 0 Å². The predicted molar refractivity (Wildman–Crippen MR) is 16.9 cm³/mol. The Hall–Kier alpha value is 0.0649. The molecule has 0 aromatic carbocycles. The van der Waals surface area contributed by atoms with Gasteiger partial charge < -0.3 is 11.6 Å². The molecule has 0 heterocycles. The molecule has 0 fully saturated rings. The maximum atomic E-state index is 9.53. The monoisotopic (exact) mass is 253 g/mol. The van der Waals surface area contributed by atoms with Crippen LogP contribution in [0.25, 0.3) is 0 Å². The van der Waals surface area contributed by atoms with Crippen molar-refractivity contribution >= 4 is 0 Å². The minimum absolute atomic E-state index is 0. The van der Waals surface area contributed by atoms with E-state index in [0.717, 1.165) is 0 Å². The van der Waals surface area contributed by atoms with E-state index in [2.05, 4.69) is 2.84 Å². The van der Waals surface area contributed by atoms with Gasteiger partial charge in [-0.15, -0.1) is 0 Å². The Morgan fingerprint density at radius 3 is 1.09 bits per heavy atom. The van der Waals surface area contributed by atoms with Gasteiger partial charge in [-0.25, -0.2) is 0 Å². The molecule has 0 spiro atoms. The van der Waals surface area contributed by atoms with Crippen LogP contribution >= 0.6 is 0 Å². The third-order valence-electron chi connectivity index (χ3n) is 0.172. The Kier molecular flexibility index (Phi) is 7.59. The molecular formula is H7Cr2NO8. The molecular weight excluding hydrogens is 246 g/mol. The standard InChI is InChI=1S/2Cr.H3N.3H2O.5O/h;;1H3;3*1H2;;;;;/q2*+1;;;;;;;;;/p-2. The first kappa shape index (κ1) is 17.2. The zero-order valence-electron chi connectivity index (χ0n) is 4.96. The first-order valence-electron chi connectivity index (χ1n) is 1.37. The van der Waals surface area contributed by atoms with Crippen molar-refractivity contribution in [2.24, 2.45) is 0 Å². The molecule has 0 aliphatic rings. The van der Waals surface area contributed by atoms with Gasteiger partial charge in [0.2, 0.25) is 0 Å². The molecule has 9 nitrogen and oxygen atoms in total. The molecule has 0 aliphatic heterocycles. The van der Waals surface area contributed by atoms with Gasteiger partial charge in [-0.05, 0) is 0 Å². The van der Waals surface area contributed by atoms with Gasteiger partial charge in [0, 0.05) is 0 Å². The van der Waals surface area contributed by atoms with Crippen LogP contribution in [0.1, 0.15) is 0 Å². The van der Waals surface area contributed by atoms with Gasteiger partial charge in [0.1, 0.15) is 0 Å². The van der Waals surface area contributed by atoms with E-state index in [4.69, 9.17) is 8.32 Å². The van der Waals surface area contributed by atoms with Crippen LogP contribution in [-0.4, -0.2) is 13.8 Å². The number of hydrogen-bond donors (Lipinski definition) is 3. The van der Waals surface area contributed by atoms with Crippen molar-refractivity contribution < 1.29 is 59.1 Å². The summed E-state index contributed by atoms with van der Waals surface area (Å²) >= 11 is -11.5. The molecule has 0 saturated carbocycles. The van der Waals surface area contributed by atoms with E-state index in [-0.39, 0.29) is 11.6 Å². The van der Waals surface area contributed by atoms with Gasteiger partial charge in [-0.1, -0.05) is 0 Å².